The minimum Gasteiger partial charge on any atom is -0.355 e. The summed E-state index contributed by atoms with van der Waals surface area (Å²) in [7, 11) is 0. The molecule has 0 fully saturated rings. The van der Waals surface area contributed by atoms with Gasteiger partial charge in [-0.1, -0.05) is 52.5 Å². The molecule has 3 heteroatoms. The molecule has 114 valence electrons. The summed E-state index contributed by atoms with van der Waals surface area (Å²) in [5.41, 5.74) is 3.22. The van der Waals surface area contributed by atoms with Gasteiger partial charge in [-0.15, -0.1) is 0 Å². The fraction of sp³-hybridized carbons (Fsp3) is 0.500. The van der Waals surface area contributed by atoms with Gasteiger partial charge in [-0.05, 0) is 24.0 Å². The molecule has 0 radical (unpaired) electrons. The van der Waals surface area contributed by atoms with Crippen LogP contribution in [0, 0.1) is 5.92 Å². The molecule has 1 aromatic rings. The largest absolute Gasteiger partial charge is 0.355 e. The van der Waals surface area contributed by atoms with Crippen LogP contribution in [-0.2, 0) is 10.2 Å². The van der Waals surface area contributed by atoms with Crippen LogP contribution in [0.25, 0.3) is 0 Å². The number of fused-ring (bicyclic) bond motifs is 1. The number of amides is 1. The number of nitrogens with one attached hydrogen (secondary N) is 1. The topological polar surface area (TPSA) is 32.3 Å². The van der Waals surface area contributed by atoms with E-state index in [2.05, 4.69) is 51.7 Å². The Balaban J connectivity index is 2.07. The standard InChI is InChI=1S/C18H26N2O/c1-13(2)10-11-19-17(21)12-20-14(3)18(4,5)15-8-6-7-9-16(15)20/h6-9,13H,3,10-12H2,1-2,4-5H3,(H,19,21). The smallest absolute Gasteiger partial charge is 0.239 e. The highest BCUT2D eigenvalue weighted by Crippen LogP contribution is 2.46. The van der Waals surface area contributed by atoms with Gasteiger partial charge >= 0.3 is 0 Å². The molecule has 0 aliphatic carbocycles. The highest BCUT2D eigenvalue weighted by Gasteiger charge is 2.39. The molecule has 0 aromatic heterocycles. The van der Waals surface area contributed by atoms with Gasteiger partial charge in [0.2, 0.25) is 5.91 Å². The fourth-order valence-electron chi connectivity index (χ4n) is 2.76. The molecule has 0 saturated carbocycles. The summed E-state index contributed by atoms with van der Waals surface area (Å²) in [6.45, 7) is 13.9. The van der Waals surface area contributed by atoms with E-state index in [1.165, 1.54) is 5.56 Å². The molecule has 1 amide bonds. The zero-order valence-electron chi connectivity index (χ0n) is 13.6. The van der Waals surface area contributed by atoms with Crippen molar-refractivity contribution in [2.24, 2.45) is 5.92 Å². The summed E-state index contributed by atoms with van der Waals surface area (Å²) in [5.74, 6) is 0.663. The number of hydrogen-bond acceptors (Lipinski definition) is 2. The van der Waals surface area contributed by atoms with Crippen molar-refractivity contribution in [1.82, 2.24) is 5.32 Å². The second-order valence-electron chi connectivity index (χ2n) is 6.71. The van der Waals surface area contributed by atoms with Gasteiger partial charge in [0.05, 0.1) is 0 Å². The average Bonchev–Trinajstić information content (AvgIpc) is 2.60. The molecule has 0 atom stereocenters. The maximum Gasteiger partial charge on any atom is 0.239 e. The van der Waals surface area contributed by atoms with Crippen LogP contribution in [0.2, 0.25) is 0 Å². The number of allylic oxidation sites excluding steroid dienone is 1. The van der Waals surface area contributed by atoms with E-state index in [9.17, 15) is 4.79 Å². The predicted molar refractivity (Wildman–Crippen MR) is 88.4 cm³/mol. The van der Waals surface area contributed by atoms with Crippen molar-refractivity contribution in [2.75, 3.05) is 18.0 Å². The summed E-state index contributed by atoms with van der Waals surface area (Å²) < 4.78 is 0. The van der Waals surface area contributed by atoms with E-state index in [1.807, 2.05) is 17.0 Å². The molecule has 0 spiro atoms. The SMILES string of the molecule is C=C1N(CC(=O)NCCC(C)C)c2ccccc2C1(C)C. The Kier molecular flexibility index (Phi) is 4.40. The first-order chi connectivity index (χ1) is 9.84. The molecule has 3 nitrogen and oxygen atoms in total. The van der Waals surface area contributed by atoms with Gasteiger partial charge in [-0.3, -0.25) is 4.79 Å². The van der Waals surface area contributed by atoms with Crippen LogP contribution in [0.15, 0.2) is 36.5 Å². The molecule has 0 bridgehead atoms. The number of carbonyl (C=O) groups excluding carboxylic acids is 1. The van der Waals surface area contributed by atoms with Crippen LogP contribution in [0.4, 0.5) is 5.69 Å². The highest BCUT2D eigenvalue weighted by atomic mass is 16.2. The zero-order chi connectivity index (χ0) is 15.6. The number of benzene rings is 1. The highest BCUT2D eigenvalue weighted by molar-refractivity contribution is 5.85. The lowest BCUT2D eigenvalue weighted by Gasteiger charge is -2.25. The Bertz CT molecular complexity index is 546. The molecule has 2 rings (SSSR count). The van der Waals surface area contributed by atoms with Crippen molar-refractivity contribution >= 4 is 11.6 Å². The van der Waals surface area contributed by atoms with Gasteiger partial charge in [-0.2, -0.15) is 0 Å². The van der Waals surface area contributed by atoms with E-state index in [1.54, 1.807) is 0 Å². The lowest BCUT2D eigenvalue weighted by Crippen LogP contribution is -2.37. The van der Waals surface area contributed by atoms with Crippen LogP contribution in [0.3, 0.4) is 0 Å². The number of anilines is 1. The Hall–Kier alpha value is -1.77. The minimum atomic E-state index is -0.116. The molecule has 0 saturated heterocycles. The second kappa shape index (κ2) is 5.92. The average molecular weight is 286 g/mol. The lowest BCUT2D eigenvalue weighted by molar-refractivity contribution is -0.119. The first-order valence-corrected chi connectivity index (χ1v) is 7.67. The van der Waals surface area contributed by atoms with Crippen LogP contribution >= 0.6 is 0 Å². The number of carbonyl (C=O) groups is 1. The molecule has 0 unspecified atom stereocenters. The van der Waals surface area contributed by atoms with Crippen molar-refractivity contribution in [2.45, 2.75) is 39.5 Å². The van der Waals surface area contributed by atoms with Gasteiger partial charge in [0.15, 0.2) is 0 Å². The minimum absolute atomic E-state index is 0.0595. The van der Waals surface area contributed by atoms with Gasteiger partial charge in [-0.25, -0.2) is 0 Å². The van der Waals surface area contributed by atoms with Crippen LogP contribution in [0.1, 0.15) is 39.7 Å². The number of nitrogens with zero attached hydrogens (tertiary/aromatic N) is 1. The van der Waals surface area contributed by atoms with E-state index in [-0.39, 0.29) is 11.3 Å². The van der Waals surface area contributed by atoms with Crippen molar-refractivity contribution < 1.29 is 4.79 Å². The van der Waals surface area contributed by atoms with E-state index >= 15 is 0 Å². The maximum absolute atomic E-state index is 12.2. The van der Waals surface area contributed by atoms with Crippen molar-refractivity contribution in [3.8, 4) is 0 Å². The van der Waals surface area contributed by atoms with Gasteiger partial charge in [0.25, 0.3) is 0 Å². The summed E-state index contributed by atoms with van der Waals surface area (Å²) in [6.07, 6.45) is 1.01. The first-order valence-electron chi connectivity index (χ1n) is 7.67. The number of para-hydroxylation sites is 1. The number of hydrogen-bond donors (Lipinski definition) is 1. The number of rotatable bonds is 5. The quantitative estimate of drug-likeness (QED) is 0.899. The second-order valence-corrected chi connectivity index (χ2v) is 6.71. The van der Waals surface area contributed by atoms with Crippen LogP contribution < -0.4 is 10.2 Å². The van der Waals surface area contributed by atoms with Gasteiger partial charge < -0.3 is 10.2 Å². The molecule has 1 aromatic carbocycles. The maximum atomic E-state index is 12.2. The van der Waals surface area contributed by atoms with Gasteiger partial charge in [0.1, 0.15) is 6.54 Å². The monoisotopic (exact) mass is 286 g/mol. The lowest BCUT2D eigenvalue weighted by atomic mass is 9.84. The van der Waals surface area contributed by atoms with Crippen molar-refractivity contribution in [1.29, 1.82) is 0 Å². The van der Waals surface area contributed by atoms with E-state index in [0.29, 0.717) is 12.5 Å². The first kappa shape index (κ1) is 15.6. The zero-order valence-corrected chi connectivity index (χ0v) is 13.6. The molecule has 21 heavy (non-hydrogen) atoms. The van der Waals surface area contributed by atoms with Crippen molar-refractivity contribution in [3.63, 3.8) is 0 Å². The molecule has 1 heterocycles. The molecule has 1 aliphatic heterocycles. The Morgan fingerprint density at radius 2 is 2.00 bits per heavy atom. The third kappa shape index (κ3) is 3.12. The van der Waals surface area contributed by atoms with E-state index < -0.39 is 0 Å². The summed E-state index contributed by atoms with van der Waals surface area (Å²) in [6, 6.07) is 8.24. The third-order valence-corrected chi connectivity index (χ3v) is 4.26. The summed E-state index contributed by atoms with van der Waals surface area (Å²) in [5, 5.41) is 3.00. The summed E-state index contributed by atoms with van der Waals surface area (Å²) in [4.78, 5) is 14.2. The Morgan fingerprint density at radius 1 is 1.33 bits per heavy atom. The normalized spacial score (nSPS) is 16.2. The fourth-order valence-corrected chi connectivity index (χ4v) is 2.76. The molecule has 1 N–H and O–H groups in total. The van der Waals surface area contributed by atoms with Gasteiger partial charge in [0, 0.05) is 23.3 Å². The van der Waals surface area contributed by atoms with E-state index in [0.717, 1.165) is 24.4 Å². The molecular weight excluding hydrogens is 260 g/mol. The van der Waals surface area contributed by atoms with E-state index in [4.69, 9.17) is 0 Å². The molecular formula is C18H26N2O. The van der Waals surface area contributed by atoms with Crippen molar-refractivity contribution in [3.05, 3.63) is 42.1 Å². The Labute approximate surface area is 128 Å². The van der Waals surface area contributed by atoms with Crippen LogP contribution in [-0.4, -0.2) is 19.0 Å². The summed E-state index contributed by atoms with van der Waals surface area (Å²) >= 11 is 0. The predicted octanol–water partition coefficient (Wildman–Crippen LogP) is 3.46. The Morgan fingerprint density at radius 3 is 2.67 bits per heavy atom. The third-order valence-electron chi connectivity index (χ3n) is 4.26. The molecule has 1 aliphatic rings. The van der Waals surface area contributed by atoms with Crippen LogP contribution in [0.5, 0.6) is 0 Å².